The van der Waals surface area contributed by atoms with Crippen LogP contribution in [0.1, 0.15) is 9.67 Å². The Bertz CT molecular complexity index is 721. The van der Waals surface area contributed by atoms with Crippen LogP contribution in [0.2, 0.25) is 0 Å². The summed E-state index contributed by atoms with van der Waals surface area (Å²) in [6.07, 6.45) is 0. The van der Waals surface area contributed by atoms with Crippen LogP contribution in [0.5, 0.6) is 0 Å². The van der Waals surface area contributed by atoms with Gasteiger partial charge >= 0.3 is 0 Å². The number of amides is 2. The second-order valence-electron chi connectivity index (χ2n) is 4.44. The van der Waals surface area contributed by atoms with E-state index in [2.05, 4.69) is 37.2 Å². The van der Waals surface area contributed by atoms with Gasteiger partial charge in [-0.2, -0.15) is 0 Å². The number of anilines is 1. The second kappa shape index (κ2) is 7.34. The lowest BCUT2D eigenvalue weighted by Gasteiger charge is -2.16. The minimum atomic E-state index is -0.402. The predicted molar refractivity (Wildman–Crippen MR) is 91.7 cm³/mol. The van der Waals surface area contributed by atoms with Crippen molar-refractivity contribution in [1.82, 2.24) is 4.90 Å². The molecule has 0 radical (unpaired) electrons. The standard InChI is InChI=1S/C14H11Br2FN2O2S/c1-19(14(21)11-4-5-12(16)22-11)7-13(20)18-10-3-2-8(17)6-9(10)15/h2-6H,7H2,1H3,(H,18,20). The van der Waals surface area contributed by atoms with Crippen molar-refractivity contribution in [3.63, 3.8) is 0 Å². The Morgan fingerprint density at radius 3 is 2.59 bits per heavy atom. The lowest BCUT2D eigenvalue weighted by atomic mass is 10.3. The van der Waals surface area contributed by atoms with Gasteiger partial charge in [-0.25, -0.2) is 4.39 Å². The van der Waals surface area contributed by atoms with Gasteiger partial charge < -0.3 is 10.2 Å². The van der Waals surface area contributed by atoms with Crippen molar-refractivity contribution < 1.29 is 14.0 Å². The molecule has 0 bridgehead atoms. The maximum Gasteiger partial charge on any atom is 0.264 e. The molecule has 0 saturated heterocycles. The van der Waals surface area contributed by atoms with E-state index in [0.717, 1.165) is 3.79 Å². The van der Waals surface area contributed by atoms with Crippen molar-refractivity contribution in [1.29, 1.82) is 0 Å². The van der Waals surface area contributed by atoms with Gasteiger partial charge in [-0.05, 0) is 62.2 Å². The smallest absolute Gasteiger partial charge is 0.264 e. The molecule has 2 aromatic rings. The third-order valence-corrected chi connectivity index (χ3v) is 4.98. The van der Waals surface area contributed by atoms with Crippen LogP contribution in [0.3, 0.4) is 0 Å². The van der Waals surface area contributed by atoms with Gasteiger partial charge in [0.15, 0.2) is 0 Å². The summed E-state index contributed by atoms with van der Waals surface area (Å²) in [6.45, 7) is -0.0990. The summed E-state index contributed by atoms with van der Waals surface area (Å²) in [5.41, 5.74) is 0.450. The van der Waals surface area contributed by atoms with Crippen LogP contribution in [0.4, 0.5) is 10.1 Å². The second-order valence-corrected chi connectivity index (χ2v) is 7.75. The molecule has 0 spiro atoms. The number of benzene rings is 1. The fraction of sp³-hybridized carbons (Fsp3) is 0.143. The highest BCUT2D eigenvalue weighted by Gasteiger charge is 2.17. The Balaban J connectivity index is 1.98. The molecule has 8 heteroatoms. The highest BCUT2D eigenvalue weighted by Crippen LogP contribution is 2.24. The van der Waals surface area contributed by atoms with Gasteiger partial charge in [-0.3, -0.25) is 9.59 Å². The summed E-state index contributed by atoms with van der Waals surface area (Å²) >= 11 is 7.77. The molecule has 0 atom stereocenters. The molecule has 1 heterocycles. The van der Waals surface area contributed by atoms with E-state index >= 15 is 0 Å². The Morgan fingerprint density at radius 2 is 2.00 bits per heavy atom. The summed E-state index contributed by atoms with van der Waals surface area (Å²) in [5.74, 6) is -0.997. The van der Waals surface area contributed by atoms with Crippen molar-refractivity contribution >= 4 is 60.7 Å². The quantitative estimate of drug-likeness (QED) is 0.763. The van der Waals surface area contributed by atoms with Crippen molar-refractivity contribution in [3.8, 4) is 0 Å². The third-order valence-electron chi connectivity index (χ3n) is 2.72. The fourth-order valence-electron chi connectivity index (χ4n) is 1.69. The number of carbonyl (C=O) groups is 2. The highest BCUT2D eigenvalue weighted by atomic mass is 79.9. The summed E-state index contributed by atoms with van der Waals surface area (Å²) < 4.78 is 14.3. The Labute approximate surface area is 147 Å². The van der Waals surface area contributed by atoms with E-state index in [4.69, 9.17) is 0 Å². The normalized spacial score (nSPS) is 10.4. The van der Waals surface area contributed by atoms with Crippen LogP contribution < -0.4 is 5.32 Å². The van der Waals surface area contributed by atoms with Gasteiger partial charge in [-0.1, -0.05) is 0 Å². The molecule has 0 aliphatic rings. The Morgan fingerprint density at radius 1 is 1.27 bits per heavy atom. The number of halogens is 3. The van der Waals surface area contributed by atoms with Gasteiger partial charge in [0.25, 0.3) is 5.91 Å². The fourth-order valence-corrected chi connectivity index (χ4v) is 3.52. The van der Waals surface area contributed by atoms with E-state index in [1.807, 2.05) is 0 Å². The maximum absolute atomic E-state index is 13.0. The van der Waals surface area contributed by atoms with Gasteiger partial charge in [-0.15, -0.1) is 11.3 Å². The van der Waals surface area contributed by atoms with Crippen molar-refractivity contribution in [3.05, 3.63) is 49.3 Å². The zero-order chi connectivity index (χ0) is 16.3. The van der Waals surface area contributed by atoms with E-state index < -0.39 is 5.82 Å². The highest BCUT2D eigenvalue weighted by molar-refractivity contribution is 9.11. The Hall–Kier alpha value is -1.25. The first kappa shape index (κ1) is 17.1. The van der Waals surface area contributed by atoms with Crippen molar-refractivity contribution in [2.75, 3.05) is 18.9 Å². The SMILES string of the molecule is CN(CC(=O)Nc1ccc(F)cc1Br)C(=O)c1ccc(Br)s1. The number of nitrogens with one attached hydrogen (secondary N) is 1. The van der Waals surface area contributed by atoms with E-state index in [1.54, 1.807) is 19.2 Å². The first-order chi connectivity index (χ1) is 10.4. The maximum atomic E-state index is 13.0. The molecule has 2 rings (SSSR count). The molecule has 116 valence electrons. The molecule has 0 aliphatic heterocycles. The number of rotatable bonds is 4. The zero-order valence-corrected chi connectivity index (χ0v) is 15.4. The molecule has 1 aromatic heterocycles. The number of likely N-dealkylation sites (N-methyl/N-ethyl adjacent to an activating group) is 1. The zero-order valence-electron chi connectivity index (χ0n) is 11.4. The summed E-state index contributed by atoms with van der Waals surface area (Å²) in [7, 11) is 1.55. The molecular formula is C14H11Br2FN2O2S. The van der Waals surface area contributed by atoms with E-state index in [0.29, 0.717) is 15.0 Å². The first-order valence-corrected chi connectivity index (χ1v) is 8.53. The van der Waals surface area contributed by atoms with Crippen LogP contribution >= 0.6 is 43.2 Å². The van der Waals surface area contributed by atoms with Crippen molar-refractivity contribution in [2.24, 2.45) is 0 Å². The largest absolute Gasteiger partial charge is 0.332 e. The number of hydrogen-bond donors (Lipinski definition) is 1. The lowest BCUT2D eigenvalue weighted by molar-refractivity contribution is -0.116. The molecule has 1 N–H and O–H groups in total. The molecule has 1 aromatic carbocycles. The van der Waals surface area contributed by atoms with E-state index in [9.17, 15) is 14.0 Å². The van der Waals surface area contributed by atoms with Gasteiger partial charge in [0.1, 0.15) is 5.82 Å². The van der Waals surface area contributed by atoms with Crippen LogP contribution in [0.25, 0.3) is 0 Å². The van der Waals surface area contributed by atoms with Crippen LogP contribution in [-0.4, -0.2) is 30.3 Å². The summed E-state index contributed by atoms with van der Waals surface area (Å²) in [4.78, 5) is 26.0. The Kier molecular flexibility index (Phi) is 5.71. The van der Waals surface area contributed by atoms with Crippen molar-refractivity contribution in [2.45, 2.75) is 0 Å². The summed E-state index contributed by atoms with van der Waals surface area (Å²) in [6, 6.07) is 7.44. The number of carbonyl (C=O) groups excluding carboxylic acids is 2. The molecule has 0 unspecified atom stereocenters. The molecule has 2 amide bonds. The van der Waals surface area contributed by atoms with Crippen LogP contribution in [-0.2, 0) is 4.79 Å². The third kappa shape index (κ3) is 4.37. The number of hydrogen-bond acceptors (Lipinski definition) is 3. The molecule has 0 aliphatic carbocycles. The molecule has 0 saturated carbocycles. The van der Waals surface area contributed by atoms with Crippen LogP contribution in [0, 0.1) is 5.82 Å². The predicted octanol–water partition coefficient (Wildman–Crippen LogP) is 4.12. The monoisotopic (exact) mass is 448 g/mol. The average Bonchev–Trinajstić information content (AvgIpc) is 2.87. The summed E-state index contributed by atoms with van der Waals surface area (Å²) in [5, 5.41) is 2.63. The van der Waals surface area contributed by atoms with E-state index in [-0.39, 0.29) is 18.4 Å². The minimum absolute atomic E-state index is 0.0990. The average molecular weight is 450 g/mol. The number of nitrogens with zero attached hydrogens (tertiary/aromatic N) is 1. The topological polar surface area (TPSA) is 49.4 Å². The van der Waals surface area contributed by atoms with Gasteiger partial charge in [0.2, 0.25) is 5.91 Å². The molecule has 4 nitrogen and oxygen atoms in total. The molecule has 0 fully saturated rings. The van der Waals surface area contributed by atoms with E-state index in [1.165, 1.54) is 34.4 Å². The molecule has 22 heavy (non-hydrogen) atoms. The lowest BCUT2D eigenvalue weighted by Crippen LogP contribution is -2.34. The first-order valence-electron chi connectivity index (χ1n) is 6.12. The minimum Gasteiger partial charge on any atom is -0.332 e. The van der Waals surface area contributed by atoms with Gasteiger partial charge in [0, 0.05) is 11.5 Å². The number of thiophene rings is 1. The van der Waals surface area contributed by atoms with Gasteiger partial charge in [0.05, 0.1) is 20.9 Å². The molecular weight excluding hydrogens is 439 g/mol. The van der Waals surface area contributed by atoms with Crippen LogP contribution in [0.15, 0.2) is 38.6 Å².